The van der Waals surface area contributed by atoms with Crippen LogP contribution in [0, 0.1) is 12.8 Å². The summed E-state index contributed by atoms with van der Waals surface area (Å²) in [5, 5.41) is 6.63. The van der Waals surface area contributed by atoms with Crippen molar-refractivity contribution >= 4 is 11.6 Å². The summed E-state index contributed by atoms with van der Waals surface area (Å²) in [6.45, 7) is 6.82. The normalized spacial score (nSPS) is 12.0. The Morgan fingerprint density at radius 2 is 1.96 bits per heavy atom. The Hall–Kier alpha value is -2.84. The molecule has 0 aliphatic carbocycles. The van der Waals surface area contributed by atoms with Gasteiger partial charge in [-0.25, -0.2) is 4.98 Å². The molecule has 1 N–H and O–H groups in total. The standard InChI is InChI=1S/C18H20F3N5O/c1-11(2)10-27-14-6-4-5-13(8-14)9-22-15-7-12(3)23-17-24-16(18(19,20)21)25-26(15)17/h4-8,11,22H,9-10H2,1-3H3. The van der Waals surface area contributed by atoms with Crippen molar-refractivity contribution in [1.29, 1.82) is 0 Å². The Balaban J connectivity index is 1.81. The molecule has 144 valence electrons. The van der Waals surface area contributed by atoms with Gasteiger partial charge in [-0.05, 0) is 30.5 Å². The van der Waals surface area contributed by atoms with Crippen molar-refractivity contribution < 1.29 is 17.9 Å². The van der Waals surface area contributed by atoms with Crippen LogP contribution in [0.3, 0.4) is 0 Å². The fourth-order valence-corrected chi connectivity index (χ4v) is 2.43. The van der Waals surface area contributed by atoms with E-state index in [4.69, 9.17) is 4.74 Å². The first-order valence-electron chi connectivity index (χ1n) is 8.49. The van der Waals surface area contributed by atoms with Crippen molar-refractivity contribution in [2.75, 3.05) is 11.9 Å². The Morgan fingerprint density at radius 1 is 1.19 bits per heavy atom. The minimum Gasteiger partial charge on any atom is -0.493 e. The van der Waals surface area contributed by atoms with E-state index in [0.717, 1.165) is 15.8 Å². The number of nitrogens with zero attached hydrogens (tertiary/aromatic N) is 4. The summed E-state index contributed by atoms with van der Waals surface area (Å²) >= 11 is 0. The number of ether oxygens (including phenoxy) is 1. The molecule has 27 heavy (non-hydrogen) atoms. The highest BCUT2D eigenvalue weighted by molar-refractivity contribution is 5.46. The van der Waals surface area contributed by atoms with E-state index < -0.39 is 12.0 Å². The van der Waals surface area contributed by atoms with Crippen molar-refractivity contribution in [1.82, 2.24) is 19.6 Å². The smallest absolute Gasteiger partial charge is 0.453 e. The largest absolute Gasteiger partial charge is 0.493 e. The first-order valence-corrected chi connectivity index (χ1v) is 8.49. The van der Waals surface area contributed by atoms with E-state index in [9.17, 15) is 13.2 Å². The van der Waals surface area contributed by atoms with Crippen LogP contribution in [0.2, 0.25) is 0 Å². The molecule has 0 atom stereocenters. The molecule has 3 rings (SSSR count). The molecule has 6 nitrogen and oxygen atoms in total. The zero-order valence-electron chi connectivity index (χ0n) is 15.2. The summed E-state index contributed by atoms with van der Waals surface area (Å²) in [4.78, 5) is 7.48. The summed E-state index contributed by atoms with van der Waals surface area (Å²) in [7, 11) is 0. The fraction of sp³-hybridized carbons (Fsp3) is 0.389. The van der Waals surface area contributed by atoms with Gasteiger partial charge in [-0.3, -0.25) is 0 Å². The average Bonchev–Trinajstić information content (AvgIpc) is 3.02. The molecule has 0 aliphatic rings. The number of nitrogens with one attached hydrogen (secondary N) is 1. The number of hydrogen-bond donors (Lipinski definition) is 1. The lowest BCUT2D eigenvalue weighted by Crippen LogP contribution is -2.09. The van der Waals surface area contributed by atoms with E-state index in [2.05, 4.69) is 34.2 Å². The molecule has 0 bridgehead atoms. The summed E-state index contributed by atoms with van der Waals surface area (Å²) in [6, 6.07) is 9.16. The number of fused-ring (bicyclic) bond motifs is 1. The van der Waals surface area contributed by atoms with Gasteiger partial charge >= 0.3 is 6.18 Å². The van der Waals surface area contributed by atoms with Crippen molar-refractivity contribution in [2.24, 2.45) is 5.92 Å². The lowest BCUT2D eigenvalue weighted by Gasteiger charge is -2.11. The Morgan fingerprint density at radius 3 is 2.67 bits per heavy atom. The molecule has 0 unspecified atom stereocenters. The van der Waals surface area contributed by atoms with Crippen molar-refractivity contribution in [2.45, 2.75) is 33.5 Å². The van der Waals surface area contributed by atoms with Crippen LogP contribution in [0.4, 0.5) is 19.0 Å². The quantitative estimate of drug-likeness (QED) is 0.699. The number of anilines is 1. The Kier molecular flexibility index (Phi) is 5.20. The lowest BCUT2D eigenvalue weighted by atomic mass is 10.2. The zero-order valence-corrected chi connectivity index (χ0v) is 15.2. The van der Waals surface area contributed by atoms with Crippen LogP contribution in [0.1, 0.15) is 30.9 Å². The molecular formula is C18H20F3N5O. The van der Waals surface area contributed by atoms with Gasteiger partial charge in [-0.1, -0.05) is 26.0 Å². The van der Waals surface area contributed by atoms with Crippen LogP contribution in [0.15, 0.2) is 30.3 Å². The minimum atomic E-state index is -4.62. The lowest BCUT2D eigenvalue weighted by molar-refractivity contribution is -0.144. The second kappa shape index (κ2) is 7.42. The van der Waals surface area contributed by atoms with E-state index in [-0.39, 0.29) is 5.78 Å². The number of hydrogen-bond acceptors (Lipinski definition) is 5. The maximum atomic E-state index is 12.9. The van der Waals surface area contributed by atoms with Crippen LogP contribution in [0.25, 0.3) is 5.78 Å². The predicted molar refractivity (Wildman–Crippen MR) is 94.6 cm³/mol. The van der Waals surface area contributed by atoms with Gasteiger partial charge in [0.05, 0.1) is 6.61 Å². The third-order valence-corrected chi connectivity index (χ3v) is 3.65. The van der Waals surface area contributed by atoms with Gasteiger partial charge in [-0.15, -0.1) is 5.10 Å². The highest BCUT2D eigenvalue weighted by Gasteiger charge is 2.36. The van der Waals surface area contributed by atoms with Crippen LogP contribution >= 0.6 is 0 Å². The van der Waals surface area contributed by atoms with Crippen LogP contribution in [-0.4, -0.2) is 26.2 Å². The predicted octanol–water partition coefficient (Wildman–Crippen LogP) is 4.10. The van der Waals surface area contributed by atoms with Crippen LogP contribution < -0.4 is 10.1 Å². The number of alkyl halides is 3. The Labute approximate surface area is 154 Å². The highest BCUT2D eigenvalue weighted by Crippen LogP contribution is 2.27. The molecule has 2 heterocycles. The third kappa shape index (κ3) is 4.66. The van der Waals surface area contributed by atoms with Gasteiger partial charge in [0.2, 0.25) is 0 Å². The topological polar surface area (TPSA) is 64.3 Å². The third-order valence-electron chi connectivity index (χ3n) is 3.65. The molecule has 0 fully saturated rings. The van der Waals surface area contributed by atoms with Gasteiger partial charge in [-0.2, -0.15) is 22.7 Å². The van der Waals surface area contributed by atoms with Gasteiger partial charge in [0.1, 0.15) is 11.6 Å². The summed E-state index contributed by atoms with van der Waals surface area (Å²) < 4.78 is 45.4. The molecule has 3 aromatic rings. The van der Waals surface area contributed by atoms with E-state index >= 15 is 0 Å². The molecule has 0 amide bonds. The molecule has 0 radical (unpaired) electrons. The number of aryl methyl sites for hydroxylation is 1. The van der Waals surface area contributed by atoms with Crippen LogP contribution in [0.5, 0.6) is 5.75 Å². The monoisotopic (exact) mass is 379 g/mol. The average molecular weight is 379 g/mol. The molecule has 0 saturated carbocycles. The number of halogens is 3. The maximum Gasteiger partial charge on any atom is 0.453 e. The molecule has 0 aliphatic heterocycles. The van der Waals surface area contributed by atoms with E-state index in [1.807, 2.05) is 24.3 Å². The molecule has 1 aromatic carbocycles. The van der Waals surface area contributed by atoms with Gasteiger partial charge in [0, 0.05) is 18.3 Å². The second-order valence-electron chi connectivity index (χ2n) is 6.63. The van der Waals surface area contributed by atoms with Crippen molar-refractivity contribution in [3.63, 3.8) is 0 Å². The molecule has 0 saturated heterocycles. The molecule has 2 aromatic heterocycles. The second-order valence-corrected chi connectivity index (χ2v) is 6.63. The van der Waals surface area contributed by atoms with E-state index in [0.29, 0.717) is 30.6 Å². The summed E-state index contributed by atoms with van der Waals surface area (Å²) in [5.41, 5.74) is 1.47. The maximum absolute atomic E-state index is 12.9. The highest BCUT2D eigenvalue weighted by atomic mass is 19.4. The summed E-state index contributed by atoms with van der Waals surface area (Å²) in [6.07, 6.45) is -4.62. The van der Waals surface area contributed by atoms with Crippen molar-refractivity contribution in [3.05, 3.63) is 47.4 Å². The van der Waals surface area contributed by atoms with Crippen molar-refractivity contribution in [3.8, 4) is 5.75 Å². The molecule has 9 heteroatoms. The van der Waals surface area contributed by atoms with Gasteiger partial charge in [0.25, 0.3) is 11.6 Å². The van der Waals surface area contributed by atoms with Gasteiger partial charge in [0.15, 0.2) is 0 Å². The molecular weight excluding hydrogens is 359 g/mol. The van der Waals surface area contributed by atoms with E-state index in [1.54, 1.807) is 13.0 Å². The number of benzene rings is 1. The minimum absolute atomic E-state index is 0.0983. The fourth-order valence-electron chi connectivity index (χ4n) is 2.43. The van der Waals surface area contributed by atoms with E-state index in [1.165, 1.54) is 0 Å². The van der Waals surface area contributed by atoms with Gasteiger partial charge < -0.3 is 10.1 Å². The number of rotatable bonds is 6. The first kappa shape index (κ1) is 18.9. The first-order chi connectivity index (χ1) is 12.7. The molecule has 0 spiro atoms. The summed E-state index contributed by atoms with van der Waals surface area (Å²) in [5.74, 6) is 0.231. The SMILES string of the molecule is Cc1cc(NCc2cccc(OCC(C)C)c2)n2nc(C(F)(F)F)nc2n1. The Bertz CT molecular complexity index is 936. The number of aromatic nitrogens is 4. The zero-order chi connectivity index (χ0) is 19.6. The van der Waals surface area contributed by atoms with Crippen LogP contribution in [-0.2, 0) is 12.7 Å².